The normalized spacial score (nSPS) is 0. The van der Waals surface area contributed by atoms with Gasteiger partial charge in [0.05, 0.1) is 0 Å². The van der Waals surface area contributed by atoms with Gasteiger partial charge in [0.1, 0.15) is 0 Å². The second-order valence-electron chi connectivity index (χ2n) is 0. The van der Waals surface area contributed by atoms with Crippen molar-refractivity contribution in [2.24, 2.45) is 0 Å². The van der Waals surface area contributed by atoms with Gasteiger partial charge in [0, 0.05) is 0 Å². The van der Waals surface area contributed by atoms with Crippen LogP contribution in [-0.4, -0.2) is 32.9 Å². The Hall–Kier alpha value is 1.06. The third kappa shape index (κ3) is 231. The van der Waals surface area contributed by atoms with Crippen molar-refractivity contribution >= 4 is 0 Å². The second kappa shape index (κ2) is 358. The largest absolute Gasteiger partial charge is 3.00 e. The summed E-state index contributed by atoms with van der Waals surface area (Å²) in [6.45, 7) is 0. The van der Waals surface area contributed by atoms with Gasteiger partial charge in [0.2, 0.25) is 0 Å². The molecule has 60 valence electrons. The van der Waals surface area contributed by atoms with Crippen molar-refractivity contribution in [2.75, 3.05) is 0 Å². The summed E-state index contributed by atoms with van der Waals surface area (Å²) >= 11 is 0. The summed E-state index contributed by atoms with van der Waals surface area (Å²) < 4.78 is 0. The first-order valence-corrected chi connectivity index (χ1v) is 0. The fourth-order valence-electron chi connectivity index (χ4n) is 0. The first-order chi connectivity index (χ1) is 0. The number of hydrogen-bond donors (Lipinski definition) is 0. The van der Waals surface area contributed by atoms with E-state index in [4.69, 9.17) is 0 Å². The van der Waals surface area contributed by atoms with Crippen LogP contribution >= 0.6 is 0 Å². The molecule has 0 saturated carbocycles. The molecule has 0 aromatic rings. The van der Waals surface area contributed by atoms with Crippen molar-refractivity contribution in [1.29, 1.82) is 0 Å². The van der Waals surface area contributed by atoms with Gasteiger partial charge in [-0.1, -0.05) is 0 Å². The van der Waals surface area contributed by atoms with E-state index in [1.54, 1.807) is 0 Å². The van der Waals surface area contributed by atoms with Crippen LogP contribution in [-0.2, 0) is 40.2 Å². The standard InChI is InChI=1S/2Ir.6H2O/h;;6*1H2/q2*+3;;;;;;/p-6. The molecular weight excluding hydrogens is 480 g/mol. The average molecular weight is 486 g/mol. The summed E-state index contributed by atoms with van der Waals surface area (Å²) in [6.07, 6.45) is 0. The zero-order chi connectivity index (χ0) is 0. The molecule has 0 unspecified atom stereocenters. The molecule has 0 rings (SSSR count). The smallest absolute Gasteiger partial charge is 0.870 e. The summed E-state index contributed by atoms with van der Waals surface area (Å²) in [7, 11) is 0. The summed E-state index contributed by atoms with van der Waals surface area (Å²) in [5.41, 5.74) is 0. The SMILES string of the molecule is [Ir+3].[Ir+3].[OH-].[OH-].[OH-].[OH-].[OH-].[OH-]. The summed E-state index contributed by atoms with van der Waals surface area (Å²) in [5.74, 6) is 0. The van der Waals surface area contributed by atoms with Crippen LogP contribution in [0.4, 0.5) is 0 Å². The molecule has 8 heavy (non-hydrogen) atoms. The van der Waals surface area contributed by atoms with E-state index in [0.717, 1.165) is 0 Å². The molecule has 0 spiro atoms. The third-order valence-corrected chi connectivity index (χ3v) is 0. The van der Waals surface area contributed by atoms with Crippen LogP contribution in [0.15, 0.2) is 0 Å². The number of rotatable bonds is 0. The molecule has 0 radical (unpaired) electrons. The van der Waals surface area contributed by atoms with Crippen LogP contribution in [0.1, 0.15) is 0 Å². The molecule has 0 bridgehead atoms. The van der Waals surface area contributed by atoms with Gasteiger partial charge in [-0.2, -0.15) is 0 Å². The molecule has 0 aromatic carbocycles. The van der Waals surface area contributed by atoms with Gasteiger partial charge in [-0.25, -0.2) is 0 Å². The van der Waals surface area contributed by atoms with Crippen LogP contribution in [0.3, 0.4) is 0 Å². The van der Waals surface area contributed by atoms with E-state index in [1.807, 2.05) is 0 Å². The molecular formula is H6Ir2O6. The monoisotopic (exact) mass is 488 g/mol. The maximum absolute atomic E-state index is 0. The fraction of sp³-hybridized carbons (Fsp3) is 0. The molecule has 0 amide bonds. The molecule has 6 nitrogen and oxygen atoms in total. The Morgan fingerprint density at radius 1 is 0.250 bits per heavy atom. The van der Waals surface area contributed by atoms with Gasteiger partial charge in [-0.3, -0.25) is 0 Å². The Bertz CT molecular complexity index is 6.49. The van der Waals surface area contributed by atoms with Gasteiger partial charge in [0.15, 0.2) is 0 Å². The molecule has 8 heteroatoms. The topological polar surface area (TPSA) is 180 Å². The minimum absolute atomic E-state index is 0. The van der Waals surface area contributed by atoms with Crippen LogP contribution < -0.4 is 0 Å². The Balaban J connectivity index is 0. The maximum Gasteiger partial charge on any atom is 3.00 e. The zero-order valence-corrected chi connectivity index (χ0v) is 8.14. The summed E-state index contributed by atoms with van der Waals surface area (Å²) in [4.78, 5) is 0. The minimum atomic E-state index is 0. The predicted octanol–water partition coefficient (Wildman–Crippen LogP) is -1.07. The molecule has 0 aromatic heterocycles. The molecule has 0 heterocycles. The quantitative estimate of drug-likeness (QED) is 0.420. The Labute approximate surface area is 73.2 Å². The first-order valence-electron chi connectivity index (χ1n) is 0. The Morgan fingerprint density at radius 3 is 0.250 bits per heavy atom. The van der Waals surface area contributed by atoms with E-state index in [-0.39, 0.29) is 73.1 Å². The van der Waals surface area contributed by atoms with E-state index in [9.17, 15) is 0 Å². The van der Waals surface area contributed by atoms with Crippen molar-refractivity contribution in [3.05, 3.63) is 0 Å². The maximum atomic E-state index is 0. The second-order valence-corrected chi connectivity index (χ2v) is 0. The fourth-order valence-corrected chi connectivity index (χ4v) is 0. The van der Waals surface area contributed by atoms with Gasteiger partial charge in [0.25, 0.3) is 0 Å². The van der Waals surface area contributed by atoms with Crippen molar-refractivity contribution in [3.63, 3.8) is 0 Å². The number of hydrogen-bond acceptors (Lipinski definition) is 6. The summed E-state index contributed by atoms with van der Waals surface area (Å²) in [6, 6.07) is 0. The third-order valence-electron chi connectivity index (χ3n) is 0. The summed E-state index contributed by atoms with van der Waals surface area (Å²) in [5, 5.41) is 0. The van der Waals surface area contributed by atoms with Crippen molar-refractivity contribution in [2.45, 2.75) is 0 Å². The zero-order valence-electron chi connectivity index (χ0n) is 3.35. The molecule has 0 saturated heterocycles. The predicted molar refractivity (Wildman–Crippen MR) is 11.6 cm³/mol. The van der Waals surface area contributed by atoms with E-state index >= 15 is 0 Å². The molecule has 0 atom stereocenters. The van der Waals surface area contributed by atoms with E-state index in [0.29, 0.717) is 0 Å². The Kier molecular flexibility index (Phi) is 23500. The minimum Gasteiger partial charge on any atom is -0.870 e. The van der Waals surface area contributed by atoms with Gasteiger partial charge in [-0.05, 0) is 0 Å². The molecule has 0 fully saturated rings. The van der Waals surface area contributed by atoms with Gasteiger partial charge < -0.3 is 32.9 Å². The van der Waals surface area contributed by atoms with Crippen LogP contribution in [0.5, 0.6) is 0 Å². The van der Waals surface area contributed by atoms with Crippen molar-refractivity contribution in [3.8, 4) is 0 Å². The van der Waals surface area contributed by atoms with Crippen molar-refractivity contribution in [1.82, 2.24) is 0 Å². The van der Waals surface area contributed by atoms with E-state index in [1.165, 1.54) is 0 Å². The van der Waals surface area contributed by atoms with Crippen LogP contribution in [0.25, 0.3) is 0 Å². The van der Waals surface area contributed by atoms with Crippen molar-refractivity contribution < 1.29 is 73.1 Å². The van der Waals surface area contributed by atoms with Gasteiger partial charge in [-0.15, -0.1) is 0 Å². The molecule has 6 N–H and O–H groups in total. The molecule has 0 aliphatic carbocycles. The molecule has 0 aliphatic heterocycles. The molecule has 0 aliphatic rings. The average Bonchev–Trinajstić information content (AvgIpc) is 0. The van der Waals surface area contributed by atoms with Crippen LogP contribution in [0, 0.1) is 0 Å². The van der Waals surface area contributed by atoms with Gasteiger partial charge >= 0.3 is 40.2 Å². The van der Waals surface area contributed by atoms with E-state index < -0.39 is 0 Å². The Morgan fingerprint density at radius 2 is 0.250 bits per heavy atom. The first kappa shape index (κ1) is 525. The van der Waals surface area contributed by atoms with Crippen LogP contribution in [0.2, 0.25) is 0 Å². The van der Waals surface area contributed by atoms with E-state index in [2.05, 4.69) is 0 Å².